The van der Waals surface area contributed by atoms with E-state index in [1.54, 1.807) is 13.0 Å². The van der Waals surface area contributed by atoms with Crippen LogP contribution < -0.4 is 5.32 Å². The molecule has 0 heterocycles. The number of nitrogens with one attached hydrogen (secondary N) is 1. The van der Waals surface area contributed by atoms with Gasteiger partial charge in [-0.1, -0.05) is 12.1 Å². The Hall–Kier alpha value is -0.890. The second-order valence-electron chi connectivity index (χ2n) is 5.02. The summed E-state index contributed by atoms with van der Waals surface area (Å²) in [5.41, 5.74) is 1.75. The van der Waals surface area contributed by atoms with Crippen LogP contribution in [-0.2, 0) is 0 Å². The maximum Gasteiger partial charge on any atom is 0.126 e. The standard InChI is InChI=1S/C14H20FN/c1-9-4-5-13(8-14(9)15)11(3)16-10(2)12-6-7-12/h4-5,8,10-12,16H,6-7H2,1-3H3. The van der Waals surface area contributed by atoms with Crippen molar-refractivity contribution in [2.45, 2.75) is 45.7 Å². The van der Waals surface area contributed by atoms with E-state index in [0.717, 1.165) is 11.5 Å². The molecule has 0 aromatic heterocycles. The van der Waals surface area contributed by atoms with Gasteiger partial charge in [-0.15, -0.1) is 0 Å². The average Bonchev–Trinajstić information content (AvgIpc) is 3.05. The Morgan fingerprint density at radius 3 is 2.56 bits per heavy atom. The Morgan fingerprint density at radius 2 is 2.00 bits per heavy atom. The summed E-state index contributed by atoms with van der Waals surface area (Å²) >= 11 is 0. The molecule has 1 nitrogen and oxygen atoms in total. The zero-order chi connectivity index (χ0) is 11.7. The van der Waals surface area contributed by atoms with Gasteiger partial charge in [0.2, 0.25) is 0 Å². The Bertz CT molecular complexity index is 371. The molecular formula is C14H20FN. The Kier molecular flexibility index (Phi) is 3.29. The van der Waals surface area contributed by atoms with Crippen LogP contribution in [0.3, 0.4) is 0 Å². The third kappa shape index (κ3) is 2.62. The molecule has 1 aliphatic carbocycles. The smallest absolute Gasteiger partial charge is 0.126 e. The lowest BCUT2D eigenvalue weighted by molar-refractivity contribution is 0.440. The van der Waals surface area contributed by atoms with Crippen LogP contribution in [0.25, 0.3) is 0 Å². The van der Waals surface area contributed by atoms with Crippen molar-refractivity contribution in [2.24, 2.45) is 5.92 Å². The highest BCUT2D eigenvalue weighted by Crippen LogP contribution is 2.33. The van der Waals surface area contributed by atoms with Crippen molar-refractivity contribution in [2.75, 3.05) is 0 Å². The Morgan fingerprint density at radius 1 is 1.31 bits per heavy atom. The highest BCUT2D eigenvalue weighted by molar-refractivity contribution is 5.25. The summed E-state index contributed by atoms with van der Waals surface area (Å²) in [6, 6.07) is 6.28. The van der Waals surface area contributed by atoms with Crippen molar-refractivity contribution >= 4 is 0 Å². The molecule has 0 saturated heterocycles. The first-order chi connectivity index (χ1) is 7.58. The van der Waals surface area contributed by atoms with E-state index in [1.807, 2.05) is 12.1 Å². The van der Waals surface area contributed by atoms with E-state index in [0.29, 0.717) is 11.6 Å². The predicted octanol–water partition coefficient (Wildman–Crippen LogP) is 3.58. The van der Waals surface area contributed by atoms with Crippen molar-refractivity contribution in [3.05, 3.63) is 35.1 Å². The van der Waals surface area contributed by atoms with Gasteiger partial charge in [0.15, 0.2) is 0 Å². The van der Waals surface area contributed by atoms with E-state index in [-0.39, 0.29) is 11.9 Å². The molecular weight excluding hydrogens is 201 g/mol. The summed E-state index contributed by atoms with van der Waals surface area (Å²) in [5.74, 6) is 0.725. The van der Waals surface area contributed by atoms with Gasteiger partial charge in [0.05, 0.1) is 0 Å². The van der Waals surface area contributed by atoms with Gasteiger partial charge in [-0.3, -0.25) is 0 Å². The Balaban J connectivity index is 2.01. The van der Waals surface area contributed by atoms with E-state index >= 15 is 0 Å². The minimum Gasteiger partial charge on any atom is -0.307 e. The number of benzene rings is 1. The van der Waals surface area contributed by atoms with E-state index < -0.39 is 0 Å². The summed E-state index contributed by atoms with van der Waals surface area (Å²) in [7, 11) is 0. The number of aryl methyl sites for hydroxylation is 1. The minimum atomic E-state index is -0.106. The first kappa shape index (κ1) is 11.6. The summed E-state index contributed by atoms with van der Waals surface area (Å²) in [5, 5.41) is 3.54. The van der Waals surface area contributed by atoms with Gasteiger partial charge >= 0.3 is 0 Å². The normalized spacial score (nSPS) is 19.5. The van der Waals surface area contributed by atoms with Crippen LogP contribution in [-0.4, -0.2) is 6.04 Å². The fourth-order valence-corrected chi connectivity index (χ4v) is 2.10. The monoisotopic (exact) mass is 221 g/mol. The maximum atomic E-state index is 13.4. The van der Waals surface area contributed by atoms with Crippen LogP contribution in [0, 0.1) is 18.7 Å². The van der Waals surface area contributed by atoms with Crippen molar-refractivity contribution in [1.82, 2.24) is 5.32 Å². The number of halogens is 1. The highest BCUT2D eigenvalue weighted by Gasteiger charge is 2.28. The van der Waals surface area contributed by atoms with Gasteiger partial charge in [0, 0.05) is 12.1 Å². The van der Waals surface area contributed by atoms with E-state index in [9.17, 15) is 4.39 Å². The predicted molar refractivity (Wildman–Crippen MR) is 64.9 cm³/mol. The van der Waals surface area contributed by atoms with Crippen molar-refractivity contribution in [3.63, 3.8) is 0 Å². The maximum absolute atomic E-state index is 13.4. The fraction of sp³-hybridized carbons (Fsp3) is 0.571. The summed E-state index contributed by atoms with van der Waals surface area (Å²) in [6.45, 7) is 6.12. The topological polar surface area (TPSA) is 12.0 Å². The zero-order valence-electron chi connectivity index (χ0n) is 10.3. The van der Waals surface area contributed by atoms with Crippen molar-refractivity contribution < 1.29 is 4.39 Å². The van der Waals surface area contributed by atoms with Crippen LogP contribution in [0.2, 0.25) is 0 Å². The quantitative estimate of drug-likeness (QED) is 0.819. The molecule has 2 rings (SSSR count). The summed E-state index contributed by atoms with van der Waals surface area (Å²) in [6.07, 6.45) is 2.67. The van der Waals surface area contributed by atoms with Crippen LogP contribution in [0.1, 0.15) is 43.9 Å². The van der Waals surface area contributed by atoms with Gasteiger partial charge in [0.1, 0.15) is 5.82 Å². The lowest BCUT2D eigenvalue weighted by atomic mass is 10.0. The first-order valence-electron chi connectivity index (χ1n) is 6.10. The largest absolute Gasteiger partial charge is 0.307 e. The molecule has 0 aliphatic heterocycles. The second-order valence-corrected chi connectivity index (χ2v) is 5.02. The molecule has 2 unspecified atom stereocenters. The molecule has 0 bridgehead atoms. The lowest BCUT2D eigenvalue weighted by Gasteiger charge is -2.20. The summed E-state index contributed by atoms with van der Waals surface area (Å²) in [4.78, 5) is 0. The van der Waals surface area contributed by atoms with Crippen molar-refractivity contribution in [3.8, 4) is 0 Å². The van der Waals surface area contributed by atoms with Crippen LogP contribution in [0.4, 0.5) is 4.39 Å². The van der Waals surface area contributed by atoms with Crippen LogP contribution in [0.5, 0.6) is 0 Å². The van der Waals surface area contributed by atoms with Gasteiger partial charge in [-0.25, -0.2) is 4.39 Å². The highest BCUT2D eigenvalue weighted by atomic mass is 19.1. The fourth-order valence-electron chi connectivity index (χ4n) is 2.10. The summed E-state index contributed by atoms with van der Waals surface area (Å²) < 4.78 is 13.4. The third-order valence-corrected chi connectivity index (χ3v) is 3.54. The molecule has 1 saturated carbocycles. The lowest BCUT2D eigenvalue weighted by Crippen LogP contribution is -2.30. The van der Waals surface area contributed by atoms with Crippen molar-refractivity contribution in [1.29, 1.82) is 0 Å². The molecule has 1 aromatic rings. The molecule has 88 valence electrons. The molecule has 2 atom stereocenters. The molecule has 2 heteroatoms. The molecule has 1 N–H and O–H groups in total. The minimum absolute atomic E-state index is 0.106. The van der Waals surface area contributed by atoms with E-state index in [1.165, 1.54) is 12.8 Å². The molecule has 1 fully saturated rings. The van der Waals surface area contributed by atoms with E-state index in [2.05, 4.69) is 19.2 Å². The van der Waals surface area contributed by atoms with Crippen LogP contribution >= 0.6 is 0 Å². The van der Waals surface area contributed by atoms with Crippen LogP contribution in [0.15, 0.2) is 18.2 Å². The van der Waals surface area contributed by atoms with Gasteiger partial charge in [-0.2, -0.15) is 0 Å². The SMILES string of the molecule is Cc1ccc(C(C)NC(C)C2CC2)cc1F. The number of hydrogen-bond donors (Lipinski definition) is 1. The molecule has 0 radical (unpaired) electrons. The molecule has 1 aromatic carbocycles. The van der Waals surface area contributed by atoms with Gasteiger partial charge in [-0.05, 0) is 56.7 Å². The molecule has 0 spiro atoms. The molecule has 16 heavy (non-hydrogen) atoms. The number of rotatable bonds is 4. The van der Waals surface area contributed by atoms with E-state index in [4.69, 9.17) is 0 Å². The number of hydrogen-bond acceptors (Lipinski definition) is 1. The second kappa shape index (κ2) is 4.54. The molecule has 0 amide bonds. The van der Waals surface area contributed by atoms with Gasteiger partial charge in [0.25, 0.3) is 0 Å². The Labute approximate surface area is 97.1 Å². The van der Waals surface area contributed by atoms with Gasteiger partial charge < -0.3 is 5.32 Å². The zero-order valence-corrected chi connectivity index (χ0v) is 10.3. The average molecular weight is 221 g/mol. The molecule has 1 aliphatic rings. The third-order valence-electron chi connectivity index (χ3n) is 3.54. The first-order valence-corrected chi connectivity index (χ1v) is 6.10.